The Morgan fingerprint density at radius 2 is 1.65 bits per heavy atom. The predicted molar refractivity (Wildman–Crippen MR) is 77.3 cm³/mol. The van der Waals surface area contributed by atoms with E-state index in [9.17, 15) is 0 Å². The smallest absolute Gasteiger partial charge is 0.0121 e. The summed E-state index contributed by atoms with van der Waals surface area (Å²) in [4.78, 5) is 2.58. The lowest BCUT2D eigenvalue weighted by atomic mass is 9.97. The van der Waals surface area contributed by atoms with Crippen LogP contribution in [0.1, 0.15) is 66.2 Å². The number of hydrogen-bond donors (Lipinski definition) is 0. The first kappa shape index (κ1) is 15.0. The van der Waals surface area contributed by atoms with Crippen LogP contribution in [0.25, 0.3) is 0 Å². The normalized spacial score (nSPS) is 25.6. The molecule has 0 aromatic carbocycles. The molecule has 0 spiro atoms. The van der Waals surface area contributed by atoms with Crippen LogP contribution in [0.3, 0.4) is 0 Å². The van der Waals surface area contributed by atoms with Gasteiger partial charge in [0.15, 0.2) is 0 Å². The molecule has 0 amide bonds. The summed E-state index contributed by atoms with van der Waals surface area (Å²) in [5.74, 6) is 2.76. The van der Waals surface area contributed by atoms with Crippen LogP contribution in [-0.4, -0.2) is 24.5 Å². The molecule has 1 rings (SSSR count). The van der Waals surface area contributed by atoms with Crippen LogP contribution in [0.15, 0.2) is 0 Å². The molecule has 0 heterocycles. The van der Waals surface area contributed by atoms with Crippen LogP contribution in [-0.2, 0) is 0 Å². The zero-order valence-corrected chi connectivity index (χ0v) is 12.7. The van der Waals surface area contributed by atoms with Gasteiger partial charge in [-0.25, -0.2) is 0 Å². The first-order valence-electron chi connectivity index (χ1n) is 7.71. The van der Waals surface area contributed by atoms with Gasteiger partial charge < -0.3 is 4.90 Å². The summed E-state index contributed by atoms with van der Waals surface area (Å²) >= 11 is 0. The maximum atomic E-state index is 2.58. The van der Waals surface area contributed by atoms with Gasteiger partial charge in [-0.3, -0.25) is 0 Å². The van der Waals surface area contributed by atoms with Crippen molar-refractivity contribution in [1.82, 2.24) is 4.90 Å². The predicted octanol–water partition coefficient (Wildman–Crippen LogP) is 4.57. The third-order valence-electron chi connectivity index (χ3n) is 4.34. The van der Waals surface area contributed by atoms with Crippen molar-refractivity contribution in [3.63, 3.8) is 0 Å². The quantitative estimate of drug-likeness (QED) is 0.533. The van der Waals surface area contributed by atoms with Crippen molar-refractivity contribution in [3.8, 4) is 0 Å². The maximum absolute atomic E-state index is 2.58. The third-order valence-corrected chi connectivity index (χ3v) is 4.34. The molecule has 1 saturated carbocycles. The second-order valence-corrected chi connectivity index (χ2v) is 6.83. The van der Waals surface area contributed by atoms with E-state index in [1.165, 1.54) is 45.1 Å². The van der Waals surface area contributed by atoms with Crippen molar-refractivity contribution >= 4 is 0 Å². The lowest BCUT2D eigenvalue weighted by Crippen LogP contribution is -2.24. The van der Waals surface area contributed by atoms with Gasteiger partial charge in [-0.1, -0.05) is 53.4 Å². The Kier molecular flexibility index (Phi) is 6.54. The largest absolute Gasteiger partial charge is 0.303 e. The van der Waals surface area contributed by atoms with Gasteiger partial charge in [-0.2, -0.15) is 0 Å². The van der Waals surface area contributed by atoms with Gasteiger partial charge in [0.25, 0.3) is 0 Å². The van der Waals surface area contributed by atoms with Crippen molar-refractivity contribution in [2.75, 3.05) is 13.6 Å². The zero-order chi connectivity index (χ0) is 12.8. The van der Waals surface area contributed by atoms with E-state index in [0.717, 1.165) is 23.8 Å². The summed E-state index contributed by atoms with van der Waals surface area (Å²) in [6, 6.07) is 0.906. The van der Waals surface area contributed by atoms with Crippen LogP contribution >= 0.6 is 0 Å². The molecular formula is C16H33N. The summed E-state index contributed by atoms with van der Waals surface area (Å²) in [6.45, 7) is 10.8. The number of nitrogens with zero attached hydrogens (tertiary/aromatic N) is 1. The van der Waals surface area contributed by atoms with Crippen LogP contribution in [0, 0.1) is 17.8 Å². The molecule has 0 aliphatic heterocycles. The highest BCUT2D eigenvalue weighted by atomic mass is 15.2. The number of hydrogen-bond acceptors (Lipinski definition) is 1. The van der Waals surface area contributed by atoms with E-state index in [4.69, 9.17) is 0 Å². The van der Waals surface area contributed by atoms with Gasteiger partial charge >= 0.3 is 0 Å². The highest BCUT2D eigenvalue weighted by Crippen LogP contribution is 2.34. The van der Waals surface area contributed by atoms with E-state index in [1.54, 1.807) is 0 Å². The van der Waals surface area contributed by atoms with Gasteiger partial charge in [0, 0.05) is 6.04 Å². The molecule has 3 unspecified atom stereocenters. The van der Waals surface area contributed by atoms with Gasteiger partial charge in [-0.15, -0.1) is 0 Å². The summed E-state index contributed by atoms with van der Waals surface area (Å²) in [6.07, 6.45) is 8.52. The summed E-state index contributed by atoms with van der Waals surface area (Å²) in [5.41, 5.74) is 0. The van der Waals surface area contributed by atoms with Gasteiger partial charge in [0.05, 0.1) is 0 Å². The molecule has 0 bridgehead atoms. The Morgan fingerprint density at radius 3 is 2.18 bits per heavy atom. The fourth-order valence-electron chi connectivity index (χ4n) is 2.70. The molecule has 1 fully saturated rings. The van der Waals surface area contributed by atoms with Gasteiger partial charge in [0.1, 0.15) is 0 Å². The molecule has 0 radical (unpaired) electrons. The van der Waals surface area contributed by atoms with Crippen LogP contribution in [0.2, 0.25) is 0 Å². The van der Waals surface area contributed by atoms with E-state index >= 15 is 0 Å². The minimum atomic E-state index is 0.882. The first-order valence-corrected chi connectivity index (χ1v) is 7.71. The molecule has 1 nitrogen and oxygen atoms in total. The summed E-state index contributed by atoms with van der Waals surface area (Å²) in [5, 5.41) is 0. The molecule has 0 saturated heterocycles. The molecule has 1 heteroatoms. The summed E-state index contributed by atoms with van der Waals surface area (Å²) < 4.78 is 0. The lowest BCUT2D eigenvalue weighted by Gasteiger charge is -2.19. The number of rotatable bonds is 9. The molecule has 17 heavy (non-hydrogen) atoms. The topological polar surface area (TPSA) is 3.24 Å². The molecule has 0 N–H and O–H groups in total. The molecule has 1 aliphatic rings. The Morgan fingerprint density at radius 1 is 1.06 bits per heavy atom. The monoisotopic (exact) mass is 239 g/mol. The average molecular weight is 239 g/mol. The van der Waals surface area contributed by atoms with Crippen LogP contribution < -0.4 is 0 Å². The fourth-order valence-corrected chi connectivity index (χ4v) is 2.70. The maximum Gasteiger partial charge on any atom is 0.0121 e. The second kappa shape index (κ2) is 7.41. The minimum Gasteiger partial charge on any atom is -0.303 e. The standard InChI is InChI=1S/C16H33N/c1-13(2)8-6-7-9-14(3)10-11-17(5)16-12-15(16)4/h13-16H,6-12H2,1-5H3. The van der Waals surface area contributed by atoms with Crippen LogP contribution in [0.5, 0.6) is 0 Å². The Labute approximate surface area is 109 Å². The average Bonchev–Trinajstić information content (AvgIpc) is 2.98. The minimum absolute atomic E-state index is 0.882. The second-order valence-electron chi connectivity index (χ2n) is 6.83. The molecule has 0 aromatic heterocycles. The fraction of sp³-hybridized carbons (Fsp3) is 1.00. The summed E-state index contributed by atoms with van der Waals surface area (Å²) in [7, 11) is 2.31. The van der Waals surface area contributed by atoms with E-state index < -0.39 is 0 Å². The zero-order valence-electron chi connectivity index (χ0n) is 12.7. The SMILES string of the molecule is CC(C)CCCCC(C)CCN(C)C1CC1C. The Balaban J connectivity index is 1.95. The van der Waals surface area contributed by atoms with Crippen molar-refractivity contribution in [2.24, 2.45) is 17.8 Å². The highest BCUT2D eigenvalue weighted by molar-refractivity contribution is 4.90. The van der Waals surface area contributed by atoms with Crippen molar-refractivity contribution in [3.05, 3.63) is 0 Å². The van der Waals surface area contributed by atoms with E-state index in [1.807, 2.05) is 0 Å². The Hall–Kier alpha value is -0.0400. The van der Waals surface area contributed by atoms with Crippen molar-refractivity contribution in [2.45, 2.75) is 72.3 Å². The van der Waals surface area contributed by atoms with Gasteiger partial charge in [-0.05, 0) is 44.2 Å². The molecule has 102 valence electrons. The van der Waals surface area contributed by atoms with E-state index in [2.05, 4.69) is 39.6 Å². The van der Waals surface area contributed by atoms with E-state index in [-0.39, 0.29) is 0 Å². The van der Waals surface area contributed by atoms with Crippen molar-refractivity contribution in [1.29, 1.82) is 0 Å². The molecule has 3 atom stereocenters. The first-order chi connectivity index (χ1) is 8.00. The lowest BCUT2D eigenvalue weighted by molar-refractivity contribution is 0.280. The third kappa shape index (κ3) is 6.45. The highest BCUT2D eigenvalue weighted by Gasteiger charge is 2.35. The van der Waals surface area contributed by atoms with Crippen molar-refractivity contribution < 1.29 is 0 Å². The molecular weight excluding hydrogens is 206 g/mol. The Bertz CT molecular complexity index is 200. The molecule has 1 aliphatic carbocycles. The van der Waals surface area contributed by atoms with Crippen LogP contribution in [0.4, 0.5) is 0 Å². The molecule has 0 aromatic rings. The van der Waals surface area contributed by atoms with Gasteiger partial charge in [0.2, 0.25) is 0 Å². The van der Waals surface area contributed by atoms with E-state index in [0.29, 0.717) is 0 Å². The number of unbranched alkanes of at least 4 members (excludes halogenated alkanes) is 1.